The van der Waals surface area contributed by atoms with E-state index in [9.17, 15) is 0 Å². The van der Waals surface area contributed by atoms with Gasteiger partial charge < -0.3 is 15.5 Å². The van der Waals surface area contributed by atoms with Crippen molar-refractivity contribution >= 4 is 0 Å². The summed E-state index contributed by atoms with van der Waals surface area (Å²) in [6.07, 6.45) is 4.12. The first-order chi connectivity index (χ1) is 6.88. The Labute approximate surface area is 87.2 Å². The molecule has 2 unspecified atom stereocenters. The first kappa shape index (κ1) is 10.4. The van der Waals surface area contributed by atoms with Crippen LogP contribution in [0.4, 0.5) is 0 Å². The fourth-order valence-corrected chi connectivity index (χ4v) is 2.68. The van der Waals surface area contributed by atoms with Crippen LogP contribution in [-0.2, 0) is 0 Å². The molecule has 0 amide bonds. The number of likely N-dealkylation sites (N-methyl/N-ethyl adjacent to an activating group) is 1. The van der Waals surface area contributed by atoms with Crippen molar-refractivity contribution in [3.8, 4) is 0 Å². The molecule has 0 aromatic heterocycles. The van der Waals surface area contributed by atoms with Gasteiger partial charge in [0.1, 0.15) is 0 Å². The second-order valence-electron chi connectivity index (χ2n) is 4.75. The highest BCUT2D eigenvalue weighted by Gasteiger charge is 2.23. The molecule has 0 saturated carbocycles. The Hall–Kier alpha value is -0.120. The summed E-state index contributed by atoms with van der Waals surface area (Å²) in [5, 5.41) is 6.87. The average Bonchev–Trinajstić information content (AvgIpc) is 2.67. The maximum absolute atomic E-state index is 3.49. The Morgan fingerprint density at radius 2 is 2.36 bits per heavy atom. The van der Waals surface area contributed by atoms with Crippen LogP contribution in [0, 0.1) is 5.92 Å². The van der Waals surface area contributed by atoms with Gasteiger partial charge in [-0.3, -0.25) is 0 Å². The third kappa shape index (κ3) is 2.69. The fraction of sp³-hybridized carbons (Fsp3) is 1.00. The summed E-state index contributed by atoms with van der Waals surface area (Å²) in [5.74, 6) is 0.902. The summed E-state index contributed by atoms with van der Waals surface area (Å²) in [7, 11) is 2.08. The lowest BCUT2D eigenvalue weighted by atomic mass is 9.99. The van der Waals surface area contributed by atoms with Crippen molar-refractivity contribution in [2.75, 3.05) is 39.8 Å². The van der Waals surface area contributed by atoms with Crippen LogP contribution < -0.4 is 10.6 Å². The summed E-state index contributed by atoms with van der Waals surface area (Å²) < 4.78 is 0. The van der Waals surface area contributed by atoms with Gasteiger partial charge in [-0.15, -0.1) is 0 Å². The molecule has 2 saturated heterocycles. The van der Waals surface area contributed by atoms with Crippen molar-refractivity contribution in [2.45, 2.75) is 25.3 Å². The molecule has 0 spiro atoms. The van der Waals surface area contributed by atoms with Gasteiger partial charge in [0.15, 0.2) is 0 Å². The SMILES string of the molecule is CNC1CCN(CC2CCCNC2)C1. The zero-order valence-electron chi connectivity index (χ0n) is 9.26. The monoisotopic (exact) mass is 197 g/mol. The quantitative estimate of drug-likeness (QED) is 0.680. The van der Waals surface area contributed by atoms with Gasteiger partial charge in [0.2, 0.25) is 0 Å². The number of hydrogen-bond donors (Lipinski definition) is 2. The second kappa shape index (κ2) is 5.10. The Bertz CT molecular complexity index is 166. The number of rotatable bonds is 3. The molecule has 2 aliphatic heterocycles. The average molecular weight is 197 g/mol. The molecule has 2 fully saturated rings. The van der Waals surface area contributed by atoms with E-state index in [4.69, 9.17) is 0 Å². The summed E-state index contributed by atoms with van der Waals surface area (Å²) in [5.41, 5.74) is 0. The zero-order valence-corrected chi connectivity index (χ0v) is 9.26. The molecular formula is C11H23N3. The van der Waals surface area contributed by atoms with Crippen molar-refractivity contribution in [1.82, 2.24) is 15.5 Å². The third-order valence-corrected chi connectivity index (χ3v) is 3.60. The topological polar surface area (TPSA) is 27.3 Å². The van der Waals surface area contributed by atoms with Crippen molar-refractivity contribution in [3.05, 3.63) is 0 Å². The fourth-order valence-electron chi connectivity index (χ4n) is 2.68. The summed E-state index contributed by atoms with van der Waals surface area (Å²) >= 11 is 0. The van der Waals surface area contributed by atoms with Crippen LogP contribution >= 0.6 is 0 Å². The second-order valence-corrected chi connectivity index (χ2v) is 4.75. The maximum Gasteiger partial charge on any atom is 0.0204 e. The van der Waals surface area contributed by atoms with Gasteiger partial charge in [0.25, 0.3) is 0 Å². The van der Waals surface area contributed by atoms with Crippen molar-refractivity contribution in [2.24, 2.45) is 5.92 Å². The molecule has 0 aromatic carbocycles. The predicted molar refractivity (Wildman–Crippen MR) is 59.5 cm³/mol. The Kier molecular flexibility index (Phi) is 3.79. The van der Waals surface area contributed by atoms with Crippen LogP contribution in [0.2, 0.25) is 0 Å². The first-order valence-corrected chi connectivity index (χ1v) is 5.99. The highest BCUT2D eigenvalue weighted by Crippen LogP contribution is 2.15. The standard InChI is InChI=1S/C11H23N3/c1-12-11-4-6-14(9-11)8-10-3-2-5-13-7-10/h10-13H,2-9H2,1H3. The van der Waals surface area contributed by atoms with Crippen molar-refractivity contribution < 1.29 is 0 Å². The van der Waals surface area contributed by atoms with E-state index < -0.39 is 0 Å². The summed E-state index contributed by atoms with van der Waals surface area (Å²) in [6, 6.07) is 0.742. The molecule has 0 aromatic rings. The molecule has 0 aliphatic carbocycles. The molecule has 14 heavy (non-hydrogen) atoms. The minimum absolute atomic E-state index is 0.742. The smallest absolute Gasteiger partial charge is 0.0204 e. The highest BCUT2D eigenvalue weighted by atomic mass is 15.2. The lowest BCUT2D eigenvalue weighted by Gasteiger charge is -2.27. The molecule has 2 atom stereocenters. The van der Waals surface area contributed by atoms with Crippen LogP contribution in [0.3, 0.4) is 0 Å². The van der Waals surface area contributed by atoms with Crippen molar-refractivity contribution in [1.29, 1.82) is 0 Å². The number of hydrogen-bond acceptors (Lipinski definition) is 3. The first-order valence-electron chi connectivity index (χ1n) is 5.99. The lowest BCUT2D eigenvalue weighted by Crippen LogP contribution is -2.38. The molecule has 2 heterocycles. The van der Waals surface area contributed by atoms with Gasteiger partial charge in [-0.2, -0.15) is 0 Å². The van der Waals surface area contributed by atoms with Gasteiger partial charge >= 0.3 is 0 Å². The molecule has 3 nitrogen and oxygen atoms in total. The maximum atomic E-state index is 3.49. The van der Waals surface area contributed by atoms with Crippen LogP contribution in [0.15, 0.2) is 0 Å². The predicted octanol–water partition coefficient (Wildman–Crippen LogP) is 0.280. The van der Waals surface area contributed by atoms with E-state index >= 15 is 0 Å². The van der Waals surface area contributed by atoms with E-state index in [-0.39, 0.29) is 0 Å². The molecular weight excluding hydrogens is 174 g/mol. The molecule has 2 N–H and O–H groups in total. The van der Waals surface area contributed by atoms with Crippen molar-refractivity contribution in [3.63, 3.8) is 0 Å². The molecule has 2 rings (SSSR count). The van der Waals surface area contributed by atoms with Crippen LogP contribution in [0.25, 0.3) is 0 Å². The minimum atomic E-state index is 0.742. The molecule has 0 bridgehead atoms. The minimum Gasteiger partial charge on any atom is -0.316 e. The number of nitrogens with one attached hydrogen (secondary N) is 2. The van der Waals surface area contributed by atoms with Crippen LogP contribution in [0.5, 0.6) is 0 Å². The number of piperidine rings is 1. The third-order valence-electron chi connectivity index (χ3n) is 3.60. The van der Waals surface area contributed by atoms with Gasteiger partial charge in [-0.05, 0) is 51.9 Å². The Morgan fingerprint density at radius 1 is 1.43 bits per heavy atom. The van der Waals surface area contributed by atoms with E-state index in [2.05, 4.69) is 22.6 Å². The van der Waals surface area contributed by atoms with Gasteiger partial charge in [-0.25, -0.2) is 0 Å². The van der Waals surface area contributed by atoms with E-state index in [1.54, 1.807) is 0 Å². The summed E-state index contributed by atoms with van der Waals surface area (Å²) in [6.45, 7) is 6.33. The Morgan fingerprint density at radius 3 is 3.00 bits per heavy atom. The van der Waals surface area contributed by atoms with E-state index in [1.165, 1.54) is 52.0 Å². The highest BCUT2D eigenvalue weighted by molar-refractivity contribution is 4.82. The van der Waals surface area contributed by atoms with Crippen LogP contribution in [-0.4, -0.2) is 50.7 Å². The zero-order chi connectivity index (χ0) is 9.80. The normalized spacial score (nSPS) is 34.9. The summed E-state index contributed by atoms with van der Waals surface area (Å²) in [4.78, 5) is 2.62. The van der Waals surface area contributed by atoms with E-state index in [1.807, 2.05) is 0 Å². The molecule has 3 heteroatoms. The van der Waals surface area contributed by atoms with Gasteiger partial charge in [0, 0.05) is 19.1 Å². The molecule has 0 radical (unpaired) electrons. The largest absolute Gasteiger partial charge is 0.316 e. The van der Waals surface area contributed by atoms with Gasteiger partial charge in [0.05, 0.1) is 0 Å². The van der Waals surface area contributed by atoms with Gasteiger partial charge in [-0.1, -0.05) is 0 Å². The molecule has 2 aliphatic rings. The lowest BCUT2D eigenvalue weighted by molar-refractivity contribution is 0.240. The number of likely N-dealkylation sites (tertiary alicyclic amines) is 1. The van der Waals surface area contributed by atoms with Crippen LogP contribution in [0.1, 0.15) is 19.3 Å². The molecule has 82 valence electrons. The number of nitrogens with zero attached hydrogens (tertiary/aromatic N) is 1. The van der Waals surface area contributed by atoms with E-state index in [0.29, 0.717) is 0 Å². The van der Waals surface area contributed by atoms with E-state index in [0.717, 1.165) is 12.0 Å². The Balaban J connectivity index is 1.69.